The van der Waals surface area contributed by atoms with Crippen molar-refractivity contribution in [3.8, 4) is 10.6 Å². The molecule has 0 saturated carbocycles. The van der Waals surface area contributed by atoms with E-state index in [2.05, 4.69) is 10.3 Å². The van der Waals surface area contributed by atoms with Gasteiger partial charge in [-0.1, -0.05) is 29.8 Å². The number of halogens is 1. The second-order valence-electron chi connectivity index (χ2n) is 6.55. The lowest BCUT2D eigenvalue weighted by Gasteiger charge is -2.26. The number of hydrogen-bond donors (Lipinski definition) is 2. The summed E-state index contributed by atoms with van der Waals surface area (Å²) in [5.41, 5.74) is 0.0688. The van der Waals surface area contributed by atoms with Crippen LogP contribution in [0.15, 0.2) is 57.7 Å². The van der Waals surface area contributed by atoms with Crippen LogP contribution in [0.1, 0.15) is 4.88 Å². The molecule has 4 aromatic rings. The number of carbonyl (C=O) groups is 1. The molecule has 2 N–H and O–H groups in total. The highest BCUT2D eigenvalue weighted by Crippen LogP contribution is 2.42. The third kappa shape index (κ3) is 3.21. The Morgan fingerprint density at radius 3 is 2.81 bits per heavy atom. The topological polar surface area (TPSA) is 113 Å². The van der Waals surface area contributed by atoms with Crippen molar-refractivity contribution in [3.63, 3.8) is 0 Å². The second-order valence-corrected chi connectivity index (χ2v) is 11.3. The number of aromatic nitrogens is 1. The molecule has 4 heterocycles. The molecule has 3 aromatic heterocycles. The Kier molecular flexibility index (Phi) is 4.59. The van der Waals surface area contributed by atoms with Crippen molar-refractivity contribution in [1.82, 2.24) is 9.29 Å². The van der Waals surface area contributed by atoms with E-state index in [1.807, 2.05) is 30.3 Å². The number of anilines is 1. The molecule has 8 nitrogen and oxygen atoms in total. The van der Waals surface area contributed by atoms with E-state index in [0.29, 0.717) is 10.00 Å². The molecular weight excluding hydrogens is 482 g/mol. The van der Waals surface area contributed by atoms with Crippen LogP contribution in [-0.4, -0.2) is 35.8 Å². The maximum atomic E-state index is 12.8. The zero-order valence-corrected chi connectivity index (χ0v) is 18.8. The van der Waals surface area contributed by atoms with E-state index in [1.54, 1.807) is 0 Å². The average molecular weight is 494 g/mol. The van der Waals surface area contributed by atoms with Gasteiger partial charge in [0.25, 0.3) is 15.9 Å². The fourth-order valence-corrected chi connectivity index (χ4v) is 7.15. The summed E-state index contributed by atoms with van der Waals surface area (Å²) in [6.07, 6.45) is 1.40. The molecule has 5 rings (SSSR count). The maximum absolute atomic E-state index is 12.8. The summed E-state index contributed by atoms with van der Waals surface area (Å²) < 4.78 is 32.7. The number of nitrogens with one attached hydrogen (secondary N) is 1. The van der Waals surface area contributed by atoms with E-state index < -0.39 is 27.4 Å². The molecule has 0 radical (unpaired) electrons. The van der Waals surface area contributed by atoms with Gasteiger partial charge in [0.2, 0.25) is 0 Å². The number of oxazole rings is 1. The van der Waals surface area contributed by atoms with Crippen molar-refractivity contribution in [2.75, 3.05) is 12.4 Å². The molecule has 0 unspecified atom stereocenters. The molecule has 12 heteroatoms. The minimum atomic E-state index is -4.04. The van der Waals surface area contributed by atoms with E-state index in [-0.39, 0.29) is 20.1 Å². The van der Waals surface area contributed by atoms with Gasteiger partial charge in [0.1, 0.15) is 16.9 Å². The zero-order chi connectivity index (χ0) is 21.9. The number of carbonyl (C=O) groups excluding carboxylic acids is 1. The SMILES string of the molecule is CN1C(C(=O)Nc2nc(-c3cc4ccccc4s3)co2)=C(O)c2sc(Cl)cc2S1(=O)=O. The van der Waals surface area contributed by atoms with Gasteiger partial charge in [0.05, 0.1) is 14.1 Å². The molecule has 0 fully saturated rings. The van der Waals surface area contributed by atoms with Crippen LogP contribution in [0.3, 0.4) is 0 Å². The van der Waals surface area contributed by atoms with Crippen molar-refractivity contribution in [3.05, 3.63) is 57.6 Å². The number of aliphatic hydroxyl groups excluding tert-OH is 1. The Hall–Kier alpha value is -2.86. The lowest BCUT2D eigenvalue weighted by molar-refractivity contribution is -0.113. The molecule has 0 saturated heterocycles. The number of likely N-dealkylation sites (N-methyl/N-ethyl adjacent to an activating group) is 1. The molecule has 158 valence electrons. The number of fused-ring (bicyclic) bond motifs is 2. The zero-order valence-electron chi connectivity index (χ0n) is 15.6. The minimum absolute atomic E-state index is 0.00613. The Labute approximate surface area is 189 Å². The van der Waals surface area contributed by atoms with Crippen molar-refractivity contribution in [2.24, 2.45) is 0 Å². The van der Waals surface area contributed by atoms with Gasteiger partial charge < -0.3 is 9.52 Å². The van der Waals surface area contributed by atoms with Gasteiger partial charge in [-0.3, -0.25) is 14.4 Å². The predicted molar refractivity (Wildman–Crippen MR) is 120 cm³/mol. The van der Waals surface area contributed by atoms with Crippen LogP contribution in [0.5, 0.6) is 0 Å². The van der Waals surface area contributed by atoms with Gasteiger partial charge in [-0.05, 0) is 23.6 Å². The highest BCUT2D eigenvalue weighted by molar-refractivity contribution is 7.89. The van der Waals surface area contributed by atoms with Crippen molar-refractivity contribution in [1.29, 1.82) is 0 Å². The Morgan fingerprint density at radius 2 is 2.03 bits per heavy atom. The van der Waals surface area contributed by atoms with E-state index >= 15 is 0 Å². The van der Waals surface area contributed by atoms with Crippen LogP contribution in [0, 0.1) is 0 Å². The summed E-state index contributed by atoms with van der Waals surface area (Å²) in [7, 11) is -2.87. The smallest absolute Gasteiger partial charge is 0.302 e. The summed E-state index contributed by atoms with van der Waals surface area (Å²) >= 11 is 8.31. The quantitative estimate of drug-likeness (QED) is 0.425. The summed E-state index contributed by atoms with van der Waals surface area (Å²) in [6.45, 7) is 0. The van der Waals surface area contributed by atoms with Gasteiger partial charge in [-0.2, -0.15) is 4.98 Å². The molecule has 0 spiro atoms. The van der Waals surface area contributed by atoms with Crippen LogP contribution < -0.4 is 5.32 Å². The fraction of sp³-hybridized carbons (Fsp3) is 0.0526. The van der Waals surface area contributed by atoms with Gasteiger partial charge in [0, 0.05) is 11.7 Å². The number of benzene rings is 1. The first kappa shape index (κ1) is 20.1. The molecule has 1 aliphatic heterocycles. The van der Waals surface area contributed by atoms with Crippen LogP contribution in [-0.2, 0) is 14.8 Å². The summed E-state index contributed by atoms with van der Waals surface area (Å²) in [6, 6.07) is 10.9. The number of hydrogen-bond acceptors (Lipinski definition) is 8. The third-order valence-corrected chi connectivity index (χ3v) is 9.00. The number of nitrogens with zero attached hydrogens (tertiary/aromatic N) is 2. The Bertz CT molecular complexity index is 1470. The molecule has 31 heavy (non-hydrogen) atoms. The van der Waals surface area contributed by atoms with Crippen LogP contribution in [0.25, 0.3) is 26.4 Å². The average Bonchev–Trinajstić information content (AvgIpc) is 3.44. The molecule has 0 bridgehead atoms. The summed E-state index contributed by atoms with van der Waals surface area (Å²) in [5, 5.41) is 14.0. The van der Waals surface area contributed by atoms with E-state index in [4.69, 9.17) is 16.0 Å². The first-order valence-electron chi connectivity index (χ1n) is 8.73. The van der Waals surface area contributed by atoms with Crippen LogP contribution in [0.2, 0.25) is 4.34 Å². The van der Waals surface area contributed by atoms with Crippen molar-refractivity contribution < 1.29 is 22.7 Å². The minimum Gasteiger partial charge on any atom is -0.504 e. The lowest BCUT2D eigenvalue weighted by Crippen LogP contribution is -2.36. The molecule has 1 aromatic carbocycles. The van der Waals surface area contributed by atoms with Crippen molar-refractivity contribution in [2.45, 2.75) is 4.90 Å². The van der Waals surface area contributed by atoms with Gasteiger partial charge in [-0.15, -0.1) is 22.7 Å². The fourth-order valence-electron chi connectivity index (χ4n) is 3.19. The first-order valence-corrected chi connectivity index (χ1v) is 12.2. The number of thiophene rings is 2. The third-order valence-electron chi connectivity index (χ3n) is 4.68. The molecule has 0 atom stereocenters. The summed E-state index contributed by atoms with van der Waals surface area (Å²) in [4.78, 5) is 17.8. The van der Waals surface area contributed by atoms with E-state index in [9.17, 15) is 18.3 Å². The maximum Gasteiger partial charge on any atom is 0.302 e. The standard InChI is InChI=1S/C19H12ClN3O5S3/c1-23-15(16(24)17-13(31(23,26)27)7-14(20)30-17)18(25)22-19-21-10(8-28-19)12-6-9-4-2-3-5-11(9)29-12/h2-8,24H,1H3,(H,21,22,25). The number of rotatable bonds is 3. The monoisotopic (exact) mass is 493 g/mol. The number of amides is 1. The van der Waals surface area contributed by atoms with Gasteiger partial charge >= 0.3 is 6.01 Å². The largest absolute Gasteiger partial charge is 0.504 e. The molecule has 1 amide bonds. The highest BCUT2D eigenvalue weighted by Gasteiger charge is 2.40. The van der Waals surface area contributed by atoms with Crippen molar-refractivity contribution >= 4 is 72.1 Å². The lowest BCUT2D eigenvalue weighted by atomic mass is 10.2. The molecule has 1 aliphatic rings. The van der Waals surface area contributed by atoms with Crippen LogP contribution in [0.4, 0.5) is 6.01 Å². The Balaban J connectivity index is 1.47. The van der Waals surface area contributed by atoms with Gasteiger partial charge in [-0.25, -0.2) is 8.42 Å². The molecule has 0 aliphatic carbocycles. The highest BCUT2D eigenvalue weighted by atomic mass is 35.5. The summed E-state index contributed by atoms with van der Waals surface area (Å²) in [5.74, 6) is -1.37. The number of sulfonamides is 1. The van der Waals surface area contributed by atoms with E-state index in [0.717, 1.165) is 26.3 Å². The van der Waals surface area contributed by atoms with Crippen LogP contribution >= 0.6 is 34.3 Å². The van der Waals surface area contributed by atoms with E-state index in [1.165, 1.54) is 30.7 Å². The first-order chi connectivity index (χ1) is 14.8. The second kappa shape index (κ2) is 7.09. The predicted octanol–water partition coefficient (Wildman–Crippen LogP) is 4.77. The van der Waals surface area contributed by atoms with Gasteiger partial charge in [0.15, 0.2) is 11.5 Å². The normalized spacial score (nSPS) is 15.4. The number of aliphatic hydroxyl groups is 1. The molecular formula is C19H12ClN3O5S3. The Morgan fingerprint density at radius 1 is 1.26 bits per heavy atom.